The fraction of sp³-hybridized carbons (Fsp3) is 0.182. The Morgan fingerprint density at radius 1 is 1.24 bits per heavy atom. The largest absolute Gasteiger partial charge is 0.479 e. The van der Waals surface area contributed by atoms with Crippen LogP contribution in [0, 0.1) is 5.82 Å². The van der Waals surface area contributed by atoms with Crippen LogP contribution < -0.4 is 5.32 Å². The van der Waals surface area contributed by atoms with Crippen LogP contribution in [0.5, 0.6) is 0 Å². The van der Waals surface area contributed by atoms with Crippen molar-refractivity contribution in [2.24, 2.45) is 0 Å². The summed E-state index contributed by atoms with van der Waals surface area (Å²) in [6, 6.07) is 2.75. The molecule has 2 N–H and O–H groups in total. The molecule has 0 aliphatic rings. The van der Waals surface area contributed by atoms with Gasteiger partial charge in [0.05, 0.1) is 0 Å². The van der Waals surface area contributed by atoms with Crippen molar-refractivity contribution in [2.45, 2.75) is 13.0 Å². The smallest absolute Gasteiger partial charge is 0.334 e. The summed E-state index contributed by atoms with van der Waals surface area (Å²) in [6.45, 7) is 1.11. The molecule has 1 rings (SSSR count). The van der Waals surface area contributed by atoms with E-state index in [1.807, 2.05) is 5.32 Å². The molecular formula is C11H10FNO4. The predicted molar refractivity (Wildman–Crippen MR) is 56.0 cm³/mol. The van der Waals surface area contributed by atoms with E-state index in [4.69, 9.17) is 5.11 Å². The molecule has 0 saturated carbocycles. The molecule has 5 nitrogen and oxygen atoms in total. The fourth-order valence-electron chi connectivity index (χ4n) is 1.22. The summed E-state index contributed by atoms with van der Waals surface area (Å²) in [4.78, 5) is 33.3. The minimum atomic E-state index is -1.65. The minimum absolute atomic E-state index is 0.0209. The van der Waals surface area contributed by atoms with E-state index < -0.39 is 29.5 Å². The predicted octanol–water partition coefficient (Wildman–Crippen LogP) is 0.598. The van der Waals surface area contributed by atoms with E-state index in [1.54, 1.807) is 0 Å². The summed E-state index contributed by atoms with van der Waals surface area (Å²) < 4.78 is 12.6. The number of nitrogens with one attached hydrogen (secondary N) is 1. The van der Waals surface area contributed by atoms with Gasteiger partial charge in [-0.2, -0.15) is 0 Å². The average Bonchev–Trinajstić information content (AvgIpc) is 2.25. The van der Waals surface area contributed by atoms with Crippen molar-refractivity contribution >= 4 is 17.7 Å². The number of carbonyl (C=O) groups is 3. The first-order chi connectivity index (χ1) is 7.91. The second-order valence-electron chi connectivity index (χ2n) is 3.34. The fourth-order valence-corrected chi connectivity index (χ4v) is 1.22. The van der Waals surface area contributed by atoms with Crippen molar-refractivity contribution in [3.8, 4) is 0 Å². The first-order valence-electron chi connectivity index (χ1n) is 4.71. The van der Waals surface area contributed by atoms with Gasteiger partial charge in [0, 0.05) is 12.5 Å². The van der Waals surface area contributed by atoms with Crippen molar-refractivity contribution < 1.29 is 23.9 Å². The molecule has 0 bridgehead atoms. The van der Waals surface area contributed by atoms with Crippen LogP contribution in [0.2, 0.25) is 0 Å². The molecule has 6 heteroatoms. The monoisotopic (exact) mass is 239 g/mol. The Morgan fingerprint density at radius 2 is 1.76 bits per heavy atom. The molecule has 0 aromatic heterocycles. The summed E-state index contributed by atoms with van der Waals surface area (Å²) in [5, 5.41) is 10.8. The van der Waals surface area contributed by atoms with Gasteiger partial charge in [0.1, 0.15) is 5.82 Å². The molecule has 0 aliphatic carbocycles. The Balaban J connectivity index is 2.95. The van der Waals surface area contributed by atoms with Crippen molar-refractivity contribution in [1.82, 2.24) is 5.32 Å². The number of hydrogen-bond donors (Lipinski definition) is 2. The van der Waals surface area contributed by atoms with Crippen LogP contribution in [0.25, 0.3) is 0 Å². The third kappa shape index (κ3) is 3.37. The maximum atomic E-state index is 12.6. The highest BCUT2D eigenvalue weighted by Gasteiger charge is 2.27. The van der Waals surface area contributed by atoms with Gasteiger partial charge in [0.25, 0.3) is 0 Å². The van der Waals surface area contributed by atoms with Crippen LogP contribution in [-0.2, 0) is 9.59 Å². The maximum Gasteiger partial charge on any atom is 0.334 e. The minimum Gasteiger partial charge on any atom is -0.479 e. The van der Waals surface area contributed by atoms with Crippen molar-refractivity contribution in [1.29, 1.82) is 0 Å². The highest BCUT2D eigenvalue weighted by atomic mass is 19.1. The number of carboxylic acid groups (broad SMARTS) is 1. The topological polar surface area (TPSA) is 83.5 Å². The lowest BCUT2D eigenvalue weighted by atomic mass is 10.0. The van der Waals surface area contributed by atoms with E-state index in [0.29, 0.717) is 0 Å². The van der Waals surface area contributed by atoms with Crippen LogP contribution in [0.15, 0.2) is 24.3 Å². The SMILES string of the molecule is CC(=O)NC(C(=O)O)C(=O)c1ccc(F)cc1. The number of Topliss-reactive ketones (excluding diaryl/α,β-unsaturated/α-hetero) is 1. The summed E-state index contributed by atoms with van der Waals surface area (Å²) in [5.74, 6) is -3.43. The third-order valence-corrected chi connectivity index (χ3v) is 1.99. The first kappa shape index (κ1) is 12.8. The number of carboxylic acids is 1. The van der Waals surface area contributed by atoms with E-state index in [-0.39, 0.29) is 5.56 Å². The number of halogens is 1. The zero-order valence-corrected chi connectivity index (χ0v) is 8.94. The number of amides is 1. The second kappa shape index (κ2) is 5.20. The Kier molecular flexibility index (Phi) is 3.92. The highest BCUT2D eigenvalue weighted by Crippen LogP contribution is 2.06. The van der Waals surface area contributed by atoms with Gasteiger partial charge in [-0.15, -0.1) is 0 Å². The number of ketones is 1. The molecule has 0 spiro atoms. The second-order valence-corrected chi connectivity index (χ2v) is 3.34. The van der Waals surface area contributed by atoms with Crippen LogP contribution in [0.3, 0.4) is 0 Å². The molecule has 1 aromatic carbocycles. The van der Waals surface area contributed by atoms with Gasteiger partial charge in [-0.05, 0) is 24.3 Å². The molecule has 0 heterocycles. The number of benzene rings is 1. The normalized spacial score (nSPS) is 11.6. The summed E-state index contributed by atoms with van der Waals surface area (Å²) >= 11 is 0. The molecule has 1 atom stereocenters. The summed E-state index contributed by atoms with van der Waals surface area (Å²) in [6.07, 6.45) is 0. The van der Waals surface area contributed by atoms with Gasteiger partial charge in [0.2, 0.25) is 5.91 Å². The van der Waals surface area contributed by atoms with Crippen molar-refractivity contribution in [2.75, 3.05) is 0 Å². The molecule has 1 unspecified atom stereocenters. The van der Waals surface area contributed by atoms with Crippen molar-refractivity contribution in [3.63, 3.8) is 0 Å². The van der Waals surface area contributed by atoms with Gasteiger partial charge in [-0.25, -0.2) is 9.18 Å². The van der Waals surface area contributed by atoms with Crippen LogP contribution in [-0.4, -0.2) is 28.8 Å². The Hall–Kier alpha value is -2.24. The molecule has 1 aromatic rings. The summed E-state index contributed by atoms with van der Waals surface area (Å²) in [7, 11) is 0. The van der Waals surface area contributed by atoms with Gasteiger partial charge >= 0.3 is 5.97 Å². The molecule has 0 fully saturated rings. The molecule has 17 heavy (non-hydrogen) atoms. The van der Waals surface area contributed by atoms with E-state index in [0.717, 1.165) is 31.2 Å². The molecule has 90 valence electrons. The number of carbonyl (C=O) groups excluding carboxylic acids is 2. The van der Waals surface area contributed by atoms with E-state index in [2.05, 4.69) is 0 Å². The first-order valence-corrected chi connectivity index (χ1v) is 4.71. The Bertz CT molecular complexity index is 455. The molecule has 0 aliphatic heterocycles. The van der Waals surface area contributed by atoms with Gasteiger partial charge in [0.15, 0.2) is 11.8 Å². The third-order valence-electron chi connectivity index (χ3n) is 1.99. The van der Waals surface area contributed by atoms with Gasteiger partial charge in [-0.1, -0.05) is 0 Å². The quantitative estimate of drug-likeness (QED) is 0.595. The van der Waals surface area contributed by atoms with Gasteiger partial charge in [-0.3, -0.25) is 9.59 Å². The zero-order chi connectivity index (χ0) is 13.0. The number of hydrogen-bond acceptors (Lipinski definition) is 3. The maximum absolute atomic E-state index is 12.6. The zero-order valence-electron chi connectivity index (χ0n) is 8.94. The number of rotatable bonds is 4. The van der Waals surface area contributed by atoms with Crippen LogP contribution in [0.1, 0.15) is 17.3 Å². The Labute approximate surface area is 96.3 Å². The average molecular weight is 239 g/mol. The lowest BCUT2D eigenvalue weighted by Crippen LogP contribution is -2.45. The summed E-state index contributed by atoms with van der Waals surface area (Å²) in [5.41, 5.74) is 0.0209. The van der Waals surface area contributed by atoms with Crippen LogP contribution in [0.4, 0.5) is 4.39 Å². The molecule has 0 saturated heterocycles. The molecule has 1 amide bonds. The lowest BCUT2D eigenvalue weighted by molar-refractivity contribution is -0.140. The van der Waals surface area contributed by atoms with Gasteiger partial charge < -0.3 is 10.4 Å². The van der Waals surface area contributed by atoms with E-state index in [9.17, 15) is 18.8 Å². The van der Waals surface area contributed by atoms with Crippen molar-refractivity contribution in [3.05, 3.63) is 35.6 Å². The van der Waals surface area contributed by atoms with Crippen LogP contribution >= 0.6 is 0 Å². The highest BCUT2D eigenvalue weighted by molar-refractivity contribution is 6.13. The standard InChI is InChI=1S/C11H10FNO4/c1-6(14)13-9(11(16)17)10(15)7-2-4-8(12)5-3-7/h2-5,9H,1H3,(H,13,14)(H,16,17). The van der Waals surface area contributed by atoms with E-state index in [1.165, 1.54) is 0 Å². The Morgan fingerprint density at radius 3 is 2.18 bits per heavy atom. The van der Waals surface area contributed by atoms with E-state index >= 15 is 0 Å². The number of aliphatic carboxylic acids is 1. The lowest BCUT2D eigenvalue weighted by Gasteiger charge is -2.11. The molecular weight excluding hydrogens is 229 g/mol. The molecule has 0 radical (unpaired) electrons.